The maximum atomic E-state index is 14.1. The third-order valence-electron chi connectivity index (χ3n) is 6.13. The molecule has 1 amide bonds. The number of halogens is 2. The SMILES string of the molecule is O=C(c1cc(S(=O)(=O)N2CCCCCC2)ccc1Cl)N1CCN(c2ccccc2F)CC1. The van der Waals surface area contributed by atoms with Gasteiger partial charge in [0.15, 0.2) is 0 Å². The number of amides is 1. The second-order valence-electron chi connectivity index (χ2n) is 8.19. The van der Waals surface area contributed by atoms with Gasteiger partial charge in [-0.25, -0.2) is 12.8 Å². The Morgan fingerprint density at radius 1 is 0.875 bits per heavy atom. The molecule has 32 heavy (non-hydrogen) atoms. The maximum absolute atomic E-state index is 14.1. The van der Waals surface area contributed by atoms with Crippen molar-refractivity contribution in [2.24, 2.45) is 0 Å². The Morgan fingerprint density at radius 2 is 1.53 bits per heavy atom. The molecule has 2 heterocycles. The fraction of sp³-hybridized carbons (Fsp3) is 0.435. The Bertz CT molecular complexity index is 1080. The average Bonchev–Trinajstić information content (AvgIpc) is 3.10. The first-order valence-corrected chi connectivity index (χ1v) is 12.8. The Hall–Kier alpha value is -2.16. The number of nitrogens with zero attached hydrogens (tertiary/aromatic N) is 3. The first-order chi connectivity index (χ1) is 15.4. The lowest BCUT2D eigenvalue weighted by atomic mass is 10.1. The van der Waals surface area contributed by atoms with E-state index >= 15 is 0 Å². The minimum absolute atomic E-state index is 0.0946. The van der Waals surface area contributed by atoms with Crippen LogP contribution in [0.4, 0.5) is 10.1 Å². The summed E-state index contributed by atoms with van der Waals surface area (Å²) < 4.78 is 41.9. The van der Waals surface area contributed by atoms with Crippen LogP contribution >= 0.6 is 11.6 Å². The lowest BCUT2D eigenvalue weighted by Crippen LogP contribution is -2.49. The number of benzene rings is 2. The van der Waals surface area contributed by atoms with Gasteiger partial charge in [-0.05, 0) is 43.2 Å². The highest BCUT2D eigenvalue weighted by Gasteiger charge is 2.29. The third-order valence-corrected chi connectivity index (χ3v) is 8.36. The highest BCUT2D eigenvalue weighted by atomic mass is 35.5. The molecule has 0 atom stereocenters. The van der Waals surface area contributed by atoms with E-state index in [4.69, 9.17) is 11.6 Å². The number of hydrogen-bond acceptors (Lipinski definition) is 4. The highest BCUT2D eigenvalue weighted by Crippen LogP contribution is 2.27. The molecule has 0 bridgehead atoms. The summed E-state index contributed by atoms with van der Waals surface area (Å²) in [6.07, 6.45) is 3.72. The number of sulfonamides is 1. The molecular formula is C23H27ClFN3O3S. The first-order valence-electron chi connectivity index (χ1n) is 11.0. The first kappa shape index (κ1) is 23.0. The lowest BCUT2D eigenvalue weighted by Gasteiger charge is -2.36. The van der Waals surface area contributed by atoms with Gasteiger partial charge < -0.3 is 9.80 Å². The Balaban J connectivity index is 1.50. The van der Waals surface area contributed by atoms with Crippen LogP contribution in [0.3, 0.4) is 0 Å². The summed E-state index contributed by atoms with van der Waals surface area (Å²) in [5, 5.41) is 0.223. The van der Waals surface area contributed by atoms with Crippen molar-refractivity contribution in [2.45, 2.75) is 30.6 Å². The number of para-hydroxylation sites is 1. The molecule has 0 radical (unpaired) electrons. The van der Waals surface area contributed by atoms with Crippen LogP contribution in [0, 0.1) is 5.82 Å². The van der Waals surface area contributed by atoms with Crippen molar-refractivity contribution in [1.82, 2.24) is 9.21 Å². The molecule has 4 rings (SSSR count). The molecule has 2 fully saturated rings. The van der Waals surface area contributed by atoms with Crippen LogP contribution in [0.2, 0.25) is 5.02 Å². The standard InChI is InChI=1S/C23H27ClFN3O3S/c24-20-10-9-18(32(30,31)28-11-5-1-2-6-12-28)17-19(20)23(29)27-15-13-26(14-16-27)22-8-4-3-7-21(22)25/h3-4,7-10,17H,1-2,5-6,11-16H2. The zero-order chi connectivity index (χ0) is 22.7. The lowest BCUT2D eigenvalue weighted by molar-refractivity contribution is 0.0746. The highest BCUT2D eigenvalue weighted by molar-refractivity contribution is 7.89. The molecule has 2 saturated heterocycles. The van der Waals surface area contributed by atoms with Gasteiger partial charge in [0.2, 0.25) is 10.0 Å². The van der Waals surface area contributed by atoms with Gasteiger partial charge in [0.05, 0.1) is 21.2 Å². The largest absolute Gasteiger partial charge is 0.366 e. The van der Waals surface area contributed by atoms with E-state index < -0.39 is 10.0 Å². The van der Waals surface area contributed by atoms with Crippen LogP contribution in [0.1, 0.15) is 36.0 Å². The normalized spacial score (nSPS) is 18.4. The predicted molar refractivity (Wildman–Crippen MR) is 123 cm³/mol. The number of anilines is 1. The molecule has 0 unspecified atom stereocenters. The topological polar surface area (TPSA) is 60.9 Å². The molecule has 0 N–H and O–H groups in total. The fourth-order valence-electron chi connectivity index (χ4n) is 4.29. The molecular weight excluding hydrogens is 453 g/mol. The van der Waals surface area contributed by atoms with Crippen molar-refractivity contribution in [3.63, 3.8) is 0 Å². The van der Waals surface area contributed by atoms with E-state index in [1.165, 1.54) is 28.6 Å². The van der Waals surface area contributed by atoms with E-state index in [1.807, 2.05) is 4.90 Å². The van der Waals surface area contributed by atoms with Crippen LogP contribution in [0.5, 0.6) is 0 Å². The Labute approximate surface area is 193 Å². The predicted octanol–water partition coefficient (Wildman–Crippen LogP) is 4.01. The molecule has 6 nitrogen and oxygen atoms in total. The van der Waals surface area contributed by atoms with E-state index in [-0.39, 0.29) is 27.2 Å². The number of hydrogen-bond donors (Lipinski definition) is 0. The van der Waals surface area contributed by atoms with Crippen LogP contribution in [0.15, 0.2) is 47.4 Å². The second-order valence-corrected chi connectivity index (χ2v) is 10.5. The van der Waals surface area contributed by atoms with Crippen LogP contribution in [-0.2, 0) is 10.0 Å². The summed E-state index contributed by atoms with van der Waals surface area (Å²) in [5.74, 6) is -0.599. The minimum Gasteiger partial charge on any atom is -0.366 e. The van der Waals surface area contributed by atoms with Gasteiger partial charge in [-0.15, -0.1) is 0 Å². The van der Waals surface area contributed by atoms with Gasteiger partial charge in [0.1, 0.15) is 5.82 Å². The third kappa shape index (κ3) is 4.77. The van der Waals surface area contributed by atoms with Crippen LogP contribution in [0.25, 0.3) is 0 Å². The van der Waals surface area contributed by atoms with Crippen molar-refractivity contribution in [1.29, 1.82) is 0 Å². The summed E-state index contributed by atoms with van der Waals surface area (Å²) in [7, 11) is -3.68. The van der Waals surface area contributed by atoms with Crippen molar-refractivity contribution < 1.29 is 17.6 Å². The smallest absolute Gasteiger partial charge is 0.255 e. The van der Waals surface area contributed by atoms with Gasteiger partial charge in [0.25, 0.3) is 5.91 Å². The van der Waals surface area contributed by atoms with E-state index in [1.54, 1.807) is 23.1 Å². The zero-order valence-electron chi connectivity index (χ0n) is 17.8. The van der Waals surface area contributed by atoms with Gasteiger partial charge in [0, 0.05) is 39.3 Å². The number of piperazine rings is 1. The summed E-state index contributed by atoms with van der Waals surface area (Å²) in [4.78, 5) is 16.8. The second kappa shape index (κ2) is 9.77. The van der Waals surface area contributed by atoms with Gasteiger partial charge in [-0.2, -0.15) is 4.31 Å². The molecule has 2 aliphatic heterocycles. The average molecular weight is 480 g/mol. The van der Waals surface area contributed by atoms with E-state index in [0.29, 0.717) is 45.0 Å². The summed E-state index contributed by atoms with van der Waals surface area (Å²) in [5.41, 5.74) is 0.699. The van der Waals surface area contributed by atoms with Crippen molar-refractivity contribution in [3.05, 3.63) is 58.9 Å². The summed E-state index contributed by atoms with van der Waals surface area (Å²) >= 11 is 6.30. The number of carbonyl (C=O) groups excluding carboxylic acids is 1. The van der Waals surface area contributed by atoms with Crippen LogP contribution in [-0.4, -0.2) is 62.8 Å². The van der Waals surface area contributed by atoms with Gasteiger partial charge in [-0.1, -0.05) is 36.6 Å². The molecule has 0 spiro atoms. The Morgan fingerprint density at radius 3 is 2.19 bits per heavy atom. The van der Waals surface area contributed by atoms with E-state index in [2.05, 4.69) is 0 Å². The summed E-state index contributed by atoms with van der Waals surface area (Å²) in [6, 6.07) is 10.9. The number of carbonyl (C=O) groups is 1. The molecule has 2 aromatic rings. The number of rotatable bonds is 4. The quantitative estimate of drug-likeness (QED) is 0.665. The maximum Gasteiger partial charge on any atom is 0.255 e. The van der Waals surface area contributed by atoms with Crippen LogP contribution < -0.4 is 4.90 Å². The minimum atomic E-state index is -3.68. The monoisotopic (exact) mass is 479 g/mol. The van der Waals surface area contributed by atoms with Crippen molar-refractivity contribution in [3.8, 4) is 0 Å². The molecule has 0 saturated carbocycles. The fourth-order valence-corrected chi connectivity index (χ4v) is 6.03. The Kier molecular flexibility index (Phi) is 7.02. The zero-order valence-corrected chi connectivity index (χ0v) is 19.4. The van der Waals surface area contributed by atoms with Crippen molar-refractivity contribution in [2.75, 3.05) is 44.2 Å². The molecule has 9 heteroatoms. The van der Waals surface area contributed by atoms with Crippen molar-refractivity contribution >= 4 is 33.2 Å². The summed E-state index contributed by atoms with van der Waals surface area (Å²) in [6.45, 7) is 2.74. The molecule has 2 aromatic carbocycles. The molecule has 0 aromatic heterocycles. The van der Waals surface area contributed by atoms with Gasteiger partial charge in [-0.3, -0.25) is 4.79 Å². The molecule has 2 aliphatic rings. The van der Waals surface area contributed by atoms with Gasteiger partial charge >= 0.3 is 0 Å². The van der Waals surface area contributed by atoms with E-state index in [9.17, 15) is 17.6 Å². The molecule has 0 aliphatic carbocycles. The van der Waals surface area contributed by atoms with E-state index in [0.717, 1.165) is 25.7 Å². The molecule has 172 valence electrons.